The van der Waals surface area contributed by atoms with Crippen molar-refractivity contribution in [1.29, 1.82) is 0 Å². The smallest absolute Gasteiger partial charge is 0.205 e. The Labute approximate surface area is 223 Å². The molecule has 37 heavy (non-hydrogen) atoms. The second-order valence-electron chi connectivity index (χ2n) is 11.1. The summed E-state index contributed by atoms with van der Waals surface area (Å²) in [6.45, 7) is 8.37. The van der Waals surface area contributed by atoms with Gasteiger partial charge < -0.3 is 29.4 Å². The molecular formula is C30H47N2O5+. The van der Waals surface area contributed by atoms with Gasteiger partial charge in [0.1, 0.15) is 11.4 Å². The summed E-state index contributed by atoms with van der Waals surface area (Å²) in [5.74, 6) is 0.229. The van der Waals surface area contributed by atoms with Gasteiger partial charge in [0.15, 0.2) is 0 Å². The van der Waals surface area contributed by atoms with Gasteiger partial charge in [-0.3, -0.25) is 4.48 Å². The first-order valence-corrected chi connectivity index (χ1v) is 13.5. The predicted molar refractivity (Wildman–Crippen MR) is 149 cm³/mol. The molecule has 0 aromatic heterocycles. The molecule has 0 aliphatic carbocycles. The lowest BCUT2D eigenvalue weighted by atomic mass is 10.0. The number of quaternary nitrogens is 1. The van der Waals surface area contributed by atoms with E-state index in [2.05, 4.69) is 50.7 Å². The van der Waals surface area contributed by atoms with Crippen molar-refractivity contribution >= 4 is 5.69 Å². The van der Waals surface area contributed by atoms with Crippen LogP contribution in [0, 0.1) is 0 Å². The summed E-state index contributed by atoms with van der Waals surface area (Å²) in [6, 6.07) is 14.4. The molecule has 206 valence electrons. The molecule has 1 heterocycles. The van der Waals surface area contributed by atoms with Crippen LogP contribution in [0.5, 0.6) is 5.75 Å². The molecule has 2 N–H and O–H groups in total. The van der Waals surface area contributed by atoms with Gasteiger partial charge in [-0.2, -0.15) is 0 Å². The van der Waals surface area contributed by atoms with E-state index in [0.29, 0.717) is 33.0 Å². The maximum Gasteiger partial charge on any atom is 0.205 e. The Morgan fingerprint density at radius 1 is 0.973 bits per heavy atom. The number of aliphatic hydroxyl groups is 1. The number of rotatable bonds is 16. The first-order valence-electron chi connectivity index (χ1n) is 13.5. The lowest BCUT2D eigenvalue weighted by Crippen LogP contribution is -2.35. The number of aliphatic hydroxyl groups excluding tert-OH is 1. The van der Waals surface area contributed by atoms with Crippen LogP contribution in [0.25, 0.3) is 0 Å². The first-order chi connectivity index (χ1) is 17.6. The molecule has 0 spiro atoms. The van der Waals surface area contributed by atoms with Crippen LogP contribution in [0.1, 0.15) is 62.3 Å². The van der Waals surface area contributed by atoms with Crippen LogP contribution in [-0.2, 0) is 27.4 Å². The number of unbranched alkanes of at least 4 members (excludes halogenated alkanes) is 3. The average molecular weight is 516 g/mol. The van der Waals surface area contributed by atoms with E-state index in [1.807, 2.05) is 32.0 Å². The van der Waals surface area contributed by atoms with Gasteiger partial charge in [-0.15, -0.1) is 0 Å². The normalized spacial score (nSPS) is 15.7. The number of fused-ring (bicyclic) bond motifs is 1. The molecule has 2 aromatic rings. The minimum atomic E-state index is -0.603. The maximum atomic E-state index is 10.5. The SMILES string of the molecule is CC1(C)OCc2cc([C@H](O)CNCCCCCCOCCOCc3cccc([N+](C)(C)C)c3)ccc2O1. The fraction of sp³-hybridized carbons (Fsp3) is 0.600. The highest BCUT2D eigenvalue weighted by molar-refractivity contribution is 5.43. The van der Waals surface area contributed by atoms with Gasteiger partial charge in [0, 0.05) is 38.6 Å². The van der Waals surface area contributed by atoms with Crippen molar-refractivity contribution < 1.29 is 24.1 Å². The predicted octanol–water partition coefficient (Wildman–Crippen LogP) is 4.95. The molecule has 3 rings (SSSR count). The van der Waals surface area contributed by atoms with Gasteiger partial charge >= 0.3 is 0 Å². The Hall–Kier alpha value is -2.00. The van der Waals surface area contributed by atoms with Crippen molar-refractivity contribution in [2.75, 3.05) is 54.1 Å². The van der Waals surface area contributed by atoms with E-state index in [9.17, 15) is 5.11 Å². The molecule has 0 unspecified atom stereocenters. The van der Waals surface area contributed by atoms with E-state index in [1.54, 1.807) is 0 Å². The molecule has 0 saturated carbocycles. The summed E-state index contributed by atoms with van der Waals surface area (Å²) in [5.41, 5.74) is 4.34. The van der Waals surface area contributed by atoms with Crippen LogP contribution in [-0.4, -0.2) is 64.9 Å². The largest absolute Gasteiger partial charge is 0.463 e. The van der Waals surface area contributed by atoms with Gasteiger partial charge in [-0.05, 0) is 48.7 Å². The number of nitrogens with zero attached hydrogens (tertiary/aromatic N) is 1. The number of nitrogens with one attached hydrogen (secondary N) is 1. The molecule has 2 aromatic carbocycles. The molecule has 0 amide bonds. The summed E-state index contributed by atoms with van der Waals surface area (Å²) >= 11 is 0. The molecule has 0 bridgehead atoms. The Bertz CT molecular complexity index is 957. The van der Waals surface area contributed by atoms with Crippen molar-refractivity contribution in [2.45, 2.75) is 64.6 Å². The minimum Gasteiger partial charge on any atom is -0.463 e. The Morgan fingerprint density at radius 3 is 2.57 bits per heavy atom. The Kier molecular flexibility index (Phi) is 11.4. The zero-order chi connectivity index (χ0) is 26.7. The molecule has 7 heteroatoms. The van der Waals surface area contributed by atoms with E-state index in [0.717, 1.165) is 60.2 Å². The fourth-order valence-electron chi connectivity index (χ4n) is 4.20. The minimum absolute atomic E-state index is 0.499. The Balaban J connectivity index is 1.15. The lowest BCUT2D eigenvalue weighted by molar-refractivity contribution is -0.180. The molecular weight excluding hydrogens is 468 g/mol. The van der Waals surface area contributed by atoms with E-state index in [1.165, 1.54) is 11.3 Å². The van der Waals surface area contributed by atoms with Crippen LogP contribution in [0.3, 0.4) is 0 Å². The monoisotopic (exact) mass is 515 g/mol. The molecule has 0 saturated heterocycles. The summed E-state index contributed by atoms with van der Waals surface area (Å²) in [6.07, 6.45) is 3.89. The van der Waals surface area contributed by atoms with Crippen molar-refractivity contribution in [3.8, 4) is 5.75 Å². The molecule has 7 nitrogen and oxygen atoms in total. The molecule has 0 fully saturated rings. The zero-order valence-corrected chi connectivity index (χ0v) is 23.4. The fourth-order valence-corrected chi connectivity index (χ4v) is 4.20. The molecule has 0 radical (unpaired) electrons. The lowest BCUT2D eigenvalue weighted by Gasteiger charge is -2.33. The topological polar surface area (TPSA) is 69.2 Å². The number of hydrogen-bond acceptors (Lipinski definition) is 6. The van der Waals surface area contributed by atoms with E-state index >= 15 is 0 Å². The standard InChI is InChI=1S/C30H47N2O5/c1-30(2)36-23-26-20-25(13-14-29(26)37-30)28(33)21-31-15-8-6-7-9-16-34-17-18-35-22-24-11-10-12-27(19-24)32(3,4)5/h10-14,19-20,28,31,33H,6-9,15-18,21-23H2,1-5H3/q+1/t28-/m1/s1. The second-order valence-corrected chi connectivity index (χ2v) is 11.1. The third kappa shape index (κ3) is 10.3. The third-order valence-electron chi connectivity index (χ3n) is 6.46. The van der Waals surface area contributed by atoms with Crippen molar-refractivity contribution in [3.63, 3.8) is 0 Å². The molecule has 1 atom stereocenters. The van der Waals surface area contributed by atoms with Gasteiger partial charge in [-0.1, -0.05) is 31.0 Å². The quantitative estimate of drug-likeness (QED) is 0.244. The van der Waals surface area contributed by atoms with Crippen molar-refractivity contribution in [2.24, 2.45) is 0 Å². The third-order valence-corrected chi connectivity index (χ3v) is 6.46. The maximum absolute atomic E-state index is 10.5. The van der Waals surface area contributed by atoms with E-state index < -0.39 is 11.9 Å². The van der Waals surface area contributed by atoms with E-state index in [-0.39, 0.29) is 0 Å². The van der Waals surface area contributed by atoms with Crippen LogP contribution < -0.4 is 14.5 Å². The Morgan fingerprint density at radius 2 is 1.76 bits per heavy atom. The highest BCUT2D eigenvalue weighted by Gasteiger charge is 2.27. The first kappa shape index (κ1) is 29.6. The molecule has 1 aliphatic heterocycles. The van der Waals surface area contributed by atoms with Crippen molar-refractivity contribution in [1.82, 2.24) is 9.80 Å². The van der Waals surface area contributed by atoms with Gasteiger partial charge in [0.05, 0.1) is 53.7 Å². The van der Waals surface area contributed by atoms with Crippen molar-refractivity contribution in [3.05, 3.63) is 59.2 Å². The van der Waals surface area contributed by atoms with Gasteiger partial charge in [-0.25, -0.2) is 0 Å². The summed E-state index contributed by atoms with van der Waals surface area (Å²) < 4.78 is 23.8. The number of benzene rings is 2. The highest BCUT2D eigenvalue weighted by Crippen LogP contribution is 2.32. The van der Waals surface area contributed by atoms with Crippen LogP contribution in [0.15, 0.2) is 42.5 Å². The number of hydrogen-bond donors (Lipinski definition) is 2. The van der Waals surface area contributed by atoms with Crippen LogP contribution in [0.2, 0.25) is 0 Å². The summed E-state index contributed by atoms with van der Waals surface area (Å²) in [4.78, 5) is 0. The van der Waals surface area contributed by atoms with Crippen LogP contribution >= 0.6 is 0 Å². The summed E-state index contributed by atoms with van der Waals surface area (Å²) in [5, 5.41) is 13.9. The van der Waals surface area contributed by atoms with Gasteiger partial charge in [0.25, 0.3) is 0 Å². The second kappa shape index (κ2) is 14.2. The molecule has 1 aliphatic rings. The van der Waals surface area contributed by atoms with Gasteiger partial charge in [0.2, 0.25) is 5.79 Å². The summed E-state index contributed by atoms with van der Waals surface area (Å²) in [7, 11) is 6.50. The number of ether oxygens (including phenoxy) is 4. The van der Waals surface area contributed by atoms with E-state index in [4.69, 9.17) is 18.9 Å². The van der Waals surface area contributed by atoms with Crippen LogP contribution in [0.4, 0.5) is 5.69 Å². The zero-order valence-electron chi connectivity index (χ0n) is 23.4. The highest BCUT2D eigenvalue weighted by atomic mass is 16.7. The average Bonchev–Trinajstić information content (AvgIpc) is 2.85.